The summed E-state index contributed by atoms with van der Waals surface area (Å²) in [6.07, 6.45) is 0.883. The first-order valence-corrected chi connectivity index (χ1v) is 7.29. The lowest BCUT2D eigenvalue weighted by Crippen LogP contribution is -2.34. The van der Waals surface area contributed by atoms with Crippen molar-refractivity contribution in [3.05, 3.63) is 0 Å². The van der Waals surface area contributed by atoms with Crippen LogP contribution in [0.4, 0.5) is 0 Å². The highest BCUT2D eigenvalue weighted by molar-refractivity contribution is 6.29. The molecule has 0 spiro atoms. The molecule has 8 nitrogen and oxygen atoms in total. The summed E-state index contributed by atoms with van der Waals surface area (Å²) in [5, 5.41) is 0.397. The van der Waals surface area contributed by atoms with Gasteiger partial charge in [-0.2, -0.15) is 0 Å². The van der Waals surface area contributed by atoms with Gasteiger partial charge in [-0.3, -0.25) is 14.4 Å². The van der Waals surface area contributed by atoms with Gasteiger partial charge in [-0.15, -0.1) is 5.06 Å². The Morgan fingerprint density at radius 2 is 2.13 bits per heavy atom. The standard InChI is InChI=1S/C14H19BN2O6/c1-9(5-7-18)13(21)16(2)6-3-4-12(20)23-17-11(19)8-10(15)14(17)22/h7,9-10H,3-6,8H2,1-2H3. The van der Waals surface area contributed by atoms with E-state index in [2.05, 4.69) is 0 Å². The molecule has 124 valence electrons. The van der Waals surface area contributed by atoms with E-state index in [-0.39, 0.29) is 25.2 Å². The van der Waals surface area contributed by atoms with Crippen molar-refractivity contribution < 1.29 is 28.8 Å². The Balaban J connectivity index is 2.34. The lowest BCUT2D eigenvalue weighted by atomic mass is 9.86. The van der Waals surface area contributed by atoms with Crippen LogP contribution in [0.3, 0.4) is 0 Å². The number of carbonyl (C=O) groups excluding carboxylic acids is 5. The lowest BCUT2D eigenvalue weighted by Gasteiger charge is -2.20. The molecule has 1 aliphatic heterocycles. The summed E-state index contributed by atoms with van der Waals surface area (Å²) in [5.41, 5.74) is 0. The maximum absolute atomic E-state index is 11.8. The number of amides is 3. The van der Waals surface area contributed by atoms with Gasteiger partial charge in [0.25, 0.3) is 11.8 Å². The molecule has 9 heteroatoms. The molecule has 1 aliphatic rings. The zero-order chi connectivity index (χ0) is 17.6. The van der Waals surface area contributed by atoms with E-state index in [9.17, 15) is 24.0 Å². The van der Waals surface area contributed by atoms with Crippen LogP contribution in [0.15, 0.2) is 0 Å². The van der Waals surface area contributed by atoms with Crippen molar-refractivity contribution in [1.29, 1.82) is 0 Å². The zero-order valence-electron chi connectivity index (χ0n) is 13.2. The highest BCUT2D eigenvalue weighted by Crippen LogP contribution is 2.22. The van der Waals surface area contributed by atoms with E-state index in [1.165, 1.54) is 4.90 Å². The average molecular weight is 322 g/mol. The molecule has 2 unspecified atom stereocenters. The van der Waals surface area contributed by atoms with Crippen molar-refractivity contribution in [2.75, 3.05) is 13.6 Å². The molecule has 0 aliphatic carbocycles. The van der Waals surface area contributed by atoms with Gasteiger partial charge in [-0.05, 0) is 6.42 Å². The first-order chi connectivity index (χ1) is 10.8. The SMILES string of the molecule is [B]C1CC(=O)N(OC(=O)CCCN(C)C(=O)C(C)CC=O)C1=O. The number of hydroxylamine groups is 2. The highest BCUT2D eigenvalue weighted by atomic mass is 16.7. The van der Waals surface area contributed by atoms with Crippen LogP contribution in [0.2, 0.25) is 5.82 Å². The van der Waals surface area contributed by atoms with Crippen LogP contribution in [0, 0.1) is 5.92 Å². The molecule has 0 aromatic carbocycles. The molecule has 0 aromatic rings. The first kappa shape index (κ1) is 18.9. The molecule has 1 saturated heterocycles. The van der Waals surface area contributed by atoms with Gasteiger partial charge in [0.1, 0.15) is 6.29 Å². The Bertz CT molecular complexity index is 509. The molecule has 0 N–H and O–H groups in total. The molecule has 1 fully saturated rings. The maximum Gasteiger partial charge on any atom is 0.333 e. The quantitative estimate of drug-likeness (QED) is 0.343. The molecular weight excluding hydrogens is 303 g/mol. The molecular formula is C14H19BN2O6. The van der Waals surface area contributed by atoms with E-state index >= 15 is 0 Å². The number of nitrogens with zero attached hydrogens (tertiary/aromatic N) is 2. The minimum absolute atomic E-state index is 0.0635. The molecule has 1 rings (SSSR count). The predicted molar refractivity (Wildman–Crippen MR) is 78.8 cm³/mol. The molecule has 2 atom stereocenters. The van der Waals surface area contributed by atoms with E-state index in [1.807, 2.05) is 0 Å². The number of carbonyl (C=O) groups is 5. The highest BCUT2D eigenvalue weighted by Gasteiger charge is 2.38. The van der Waals surface area contributed by atoms with E-state index in [0.717, 1.165) is 0 Å². The van der Waals surface area contributed by atoms with E-state index in [4.69, 9.17) is 12.7 Å². The van der Waals surface area contributed by atoms with Gasteiger partial charge < -0.3 is 14.5 Å². The fourth-order valence-electron chi connectivity index (χ4n) is 2.07. The summed E-state index contributed by atoms with van der Waals surface area (Å²) >= 11 is 0. The molecule has 0 saturated carbocycles. The van der Waals surface area contributed by atoms with E-state index in [1.54, 1.807) is 14.0 Å². The van der Waals surface area contributed by atoms with Gasteiger partial charge in [-0.1, -0.05) is 6.92 Å². The molecule has 3 amide bonds. The Morgan fingerprint density at radius 3 is 2.65 bits per heavy atom. The number of rotatable bonds is 8. The fourth-order valence-corrected chi connectivity index (χ4v) is 2.07. The fraction of sp³-hybridized carbons (Fsp3) is 0.643. The molecule has 0 bridgehead atoms. The summed E-state index contributed by atoms with van der Waals surface area (Å²) in [6, 6.07) is 0. The van der Waals surface area contributed by atoms with Crippen LogP contribution in [0.1, 0.15) is 32.6 Å². The predicted octanol–water partition coefficient (Wildman–Crippen LogP) is -0.376. The minimum Gasteiger partial charge on any atom is -0.346 e. The van der Waals surface area contributed by atoms with Gasteiger partial charge in [0.05, 0.1) is 7.85 Å². The van der Waals surface area contributed by atoms with Crippen molar-refractivity contribution in [3.8, 4) is 0 Å². The van der Waals surface area contributed by atoms with Crippen molar-refractivity contribution in [1.82, 2.24) is 9.96 Å². The second-order valence-corrected chi connectivity index (χ2v) is 5.47. The Morgan fingerprint density at radius 1 is 1.48 bits per heavy atom. The lowest BCUT2D eigenvalue weighted by molar-refractivity contribution is -0.197. The van der Waals surface area contributed by atoms with E-state index < -0.39 is 29.5 Å². The van der Waals surface area contributed by atoms with Gasteiger partial charge in [0, 0.05) is 44.6 Å². The first-order valence-electron chi connectivity index (χ1n) is 7.29. The molecule has 2 radical (unpaired) electrons. The van der Waals surface area contributed by atoms with Crippen LogP contribution in [0.5, 0.6) is 0 Å². The van der Waals surface area contributed by atoms with Gasteiger partial charge >= 0.3 is 5.97 Å². The smallest absolute Gasteiger partial charge is 0.333 e. The minimum atomic E-state index is -0.974. The Hall–Kier alpha value is -2.19. The monoisotopic (exact) mass is 322 g/mol. The van der Waals surface area contributed by atoms with Crippen molar-refractivity contribution in [2.45, 2.75) is 38.4 Å². The van der Waals surface area contributed by atoms with Crippen LogP contribution in [-0.4, -0.2) is 61.4 Å². The molecule has 0 aromatic heterocycles. The molecule has 23 heavy (non-hydrogen) atoms. The second-order valence-electron chi connectivity index (χ2n) is 5.47. The summed E-state index contributed by atoms with van der Waals surface area (Å²) in [7, 11) is 6.96. The van der Waals surface area contributed by atoms with Crippen LogP contribution in [-0.2, 0) is 28.8 Å². The summed E-state index contributed by atoms with van der Waals surface area (Å²) in [5.74, 6) is -3.71. The third-order valence-electron chi connectivity index (χ3n) is 3.45. The normalized spacial score (nSPS) is 18.7. The third-order valence-corrected chi connectivity index (χ3v) is 3.45. The van der Waals surface area contributed by atoms with E-state index in [0.29, 0.717) is 24.3 Å². The van der Waals surface area contributed by atoms with Crippen molar-refractivity contribution in [3.63, 3.8) is 0 Å². The largest absolute Gasteiger partial charge is 0.346 e. The average Bonchev–Trinajstić information content (AvgIpc) is 2.73. The number of hydrogen-bond acceptors (Lipinski definition) is 6. The van der Waals surface area contributed by atoms with Gasteiger partial charge in [-0.25, -0.2) is 4.79 Å². The van der Waals surface area contributed by atoms with Gasteiger partial charge in [0.2, 0.25) is 5.91 Å². The van der Waals surface area contributed by atoms with Gasteiger partial charge in [0.15, 0.2) is 0 Å². The molecule has 1 heterocycles. The summed E-state index contributed by atoms with van der Waals surface area (Å²) in [6.45, 7) is 1.94. The number of imide groups is 1. The third kappa shape index (κ3) is 5.19. The number of aldehydes is 1. The van der Waals surface area contributed by atoms with Crippen LogP contribution < -0.4 is 0 Å². The summed E-state index contributed by atoms with van der Waals surface area (Å²) in [4.78, 5) is 62.9. The topological polar surface area (TPSA) is 101 Å². The summed E-state index contributed by atoms with van der Waals surface area (Å²) < 4.78 is 0. The second kappa shape index (κ2) is 8.45. The Kier molecular flexibility index (Phi) is 6.93. The maximum atomic E-state index is 11.8. The van der Waals surface area contributed by atoms with Crippen LogP contribution in [0.25, 0.3) is 0 Å². The van der Waals surface area contributed by atoms with Crippen molar-refractivity contribution in [2.24, 2.45) is 5.92 Å². The Labute approximate surface area is 135 Å². The van der Waals surface area contributed by atoms with Crippen molar-refractivity contribution >= 4 is 37.8 Å². The zero-order valence-corrected chi connectivity index (χ0v) is 13.2. The number of hydrogen-bond donors (Lipinski definition) is 0. The van der Waals surface area contributed by atoms with Crippen LogP contribution >= 0.6 is 0 Å².